The second-order valence-electron chi connectivity index (χ2n) is 10.8. The third kappa shape index (κ3) is 6.56. The number of carbonyl (C=O) groups is 2. The molecule has 1 N–H and O–H groups in total. The van der Waals surface area contributed by atoms with E-state index in [0.717, 1.165) is 27.6 Å². The lowest BCUT2D eigenvalue weighted by atomic mass is 9.78. The molecule has 0 saturated carbocycles. The monoisotopic (exact) mass is 610 g/mol. The Balaban J connectivity index is 1.52. The topological polar surface area (TPSA) is 112 Å². The molecule has 8 heteroatoms. The molecule has 0 fully saturated rings. The number of nitro benzene ring substituents is 1. The van der Waals surface area contributed by atoms with Crippen LogP contribution < -0.4 is 0 Å². The fraction of sp³-hybridized carbons (Fsp3) is 0.105. The minimum Gasteiger partial charge on any atom is -0.460 e. The Bertz CT molecular complexity index is 1900. The molecule has 6 rings (SSSR count). The van der Waals surface area contributed by atoms with Crippen molar-refractivity contribution in [3.8, 4) is 11.3 Å². The maximum Gasteiger partial charge on any atom is 0.321 e. The first-order valence-electron chi connectivity index (χ1n) is 14.8. The Morgan fingerprint density at radius 1 is 0.652 bits per heavy atom. The summed E-state index contributed by atoms with van der Waals surface area (Å²) in [5, 5.41) is 12.4. The van der Waals surface area contributed by atoms with Crippen molar-refractivity contribution < 1.29 is 24.0 Å². The summed E-state index contributed by atoms with van der Waals surface area (Å²) >= 11 is 0. The first kappa shape index (κ1) is 30.0. The highest BCUT2D eigenvalue weighted by Crippen LogP contribution is 2.44. The van der Waals surface area contributed by atoms with Crippen LogP contribution in [0.15, 0.2) is 140 Å². The summed E-state index contributed by atoms with van der Waals surface area (Å²) in [5.41, 5.74) is 4.96. The molecule has 0 bridgehead atoms. The van der Waals surface area contributed by atoms with Crippen LogP contribution in [0, 0.1) is 16.0 Å². The highest BCUT2D eigenvalue weighted by Gasteiger charge is 2.42. The first-order chi connectivity index (χ1) is 22.5. The highest BCUT2D eigenvalue weighted by atomic mass is 16.6. The Morgan fingerprint density at radius 2 is 1.15 bits per heavy atom. The Labute approximate surface area is 265 Å². The zero-order chi connectivity index (χ0) is 31.9. The molecule has 1 aromatic heterocycles. The standard InChI is InChI=1S/C38H30N2O6/c41-37(45-24-26-12-4-1-5-13-26)35(38(42)46-25-27-14-6-2-7-15-27)33(28-20-22-30(23-21-28)40(43)44)34-31-18-10-11-19-32(31)39-36(34)29-16-8-3-9-17-29/h1-23,33,35,39H,24-25H2. The summed E-state index contributed by atoms with van der Waals surface area (Å²) in [6.07, 6.45) is 0. The van der Waals surface area contributed by atoms with Gasteiger partial charge in [-0.2, -0.15) is 0 Å². The summed E-state index contributed by atoms with van der Waals surface area (Å²) in [6.45, 7) is -0.0942. The quantitative estimate of drug-likeness (QED) is 0.0689. The van der Waals surface area contributed by atoms with Crippen molar-refractivity contribution in [1.29, 1.82) is 0 Å². The van der Waals surface area contributed by atoms with E-state index < -0.39 is 28.7 Å². The lowest BCUT2D eigenvalue weighted by molar-refractivity contribution is -0.384. The smallest absolute Gasteiger partial charge is 0.321 e. The number of benzene rings is 5. The molecule has 0 aliphatic heterocycles. The molecule has 0 amide bonds. The van der Waals surface area contributed by atoms with E-state index in [4.69, 9.17) is 9.47 Å². The van der Waals surface area contributed by atoms with Crippen LogP contribution >= 0.6 is 0 Å². The SMILES string of the molecule is O=C(OCc1ccccc1)C(C(=O)OCc1ccccc1)C(c1ccc([N+](=O)[O-])cc1)c1c(-c2ccccc2)[nH]c2ccccc12. The minimum atomic E-state index is -1.45. The van der Waals surface area contributed by atoms with Crippen LogP contribution in [0.1, 0.15) is 28.2 Å². The highest BCUT2D eigenvalue weighted by molar-refractivity contribution is 6.00. The van der Waals surface area contributed by atoms with E-state index in [2.05, 4.69) is 4.98 Å². The van der Waals surface area contributed by atoms with E-state index in [1.54, 1.807) is 12.1 Å². The van der Waals surface area contributed by atoms with Crippen molar-refractivity contribution in [1.82, 2.24) is 4.98 Å². The molecule has 0 aliphatic carbocycles. The molecule has 0 spiro atoms. The maximum absolute atomic E-state index is 14.2. The molecule has 0 radical (unpaired) electrons. The third-order valence-corrected chi connectivity index (χ3v) is 7.87. The normalized spacial score (nSPS) is 11.7. The third-order valence-electron chi connectivity index (χ3n) is 7.87. The van der Waals surface area contributed by atoms with Gasteiger partial charge in [-0.15, -0.1) is 0 Å². The summed E-state index contributed by atoms with van der Waals surface area (Å²) in [6, 6.07) is 41.6. The van der Waals surface area contributed by atoms with E-state index in [0.29, 0.717) is 16.8 Å². The predicted octanol–water partition coefficient (Wildman–Crippen LogP) is 7.98. The van der Waals surface area contributed by atoms with Gasteiger partial charge in [-0.3, -0.25) is 19.7 Å². The Kier molecular flexibility index (Phi) is 8.97. The molecule has 1 atom stereocenters. The molecular weight excluding hydrogens is 580 g/mol. The number of hydrogen-bond acceptors (Lipinski definition) is 6. The molecule has 6 aromatic rings. The number of carbonyl (C=O) groups excluding carboxylic acids is 2. The number of nitro groups is 1. The number of aromatic amines is 1. The molecule has 5 aromatic carbocycles. The second kappa shape index (κ2) is 13.7. The molecule has 0 saturated heterocycles. The summed E-state index contributed by atoms with van der Waals surface area (Å²) in [5.74, 6) is -3.92. The fourth-order valence-corrected chi connectivity index (χ4v) is 5.65. The number of ether oxygens (including phenoxy) is 2. The van der Waals surface area contributed by atoms with E-state index in [1.807, 2.05) is 115 Å². The van der Waals surface area contributed by atoms with Gasteiger partial charge < -0.3 is 14.5 Å². The summed E-state index contributed by atoms with van der Waals surface area (Å²) in [4.78, 5) is 43.0. The van der Waals surface area contributed by atoms with Crippen LogP contribution in [-0.2, 0) is 32.3 Å². The summed E-state index contributed by atoms with van der Waals surface area (Å²) < 4.78 is 11.7. The van der Waals surface area contributed by atoms with Crippen molar-refractivity contribution in [2.24, 2.45) is 5.92 Å². The van der Waals surface area contributed by atoms with Crippen molar-refractivity contribution in [3.63, 3.8) is 0 Å². The molecular formula is C38H30N2O6. The van der Waals surface area contributed by atoms with Gasteiger partial charge >= 0.3 is 11.9 Å². The molecule has 1 heterocycles. The van der Waals surface area contributed by atoms with Crippen LogP contribution in [0.5, 0.6) is 0 Å². The van der Waals surface area contributed by atoms with Crippen LogP contribution in [0.25, 0.3) is 22.2 Å². The lowest BCUT2D eigenvalue weighted by Crippen LogP contribution is -2.34. The molecule has 228 valence electrons. The van der Waals surface area contributed by atoms with Gasteiger partial charge in [-0.1, -0.05) is 121 Å². The average Bonchev–Trinajstić information content (AvgIpc) is 3.49. The van der Waals surface area contributed by atoms with Gasteiger partial charge in [0.1, 0.15) is 13.2 Å². The number of aromatic nitrogens is 1. The molecule has 0 aliphatic rings. The van der Waals surface area contributed by atoms with Crippen molar-refractivity contribution >= 4 is 28.5 Å². The van der Waals surface area contributed by atoms with E-state index >= 15 is 0 Å². The Morgan fingerprint density at radius 3 is 1.70 bits per heavy atom. The zero-order valence-corrected chi connectivity index (χ0v) is 24.7. The number of rotatable bonds is 11. The van der Waals surface area contributed by atoms with Gasteiger partial charge in [0.2, 0.25) is 0 Å². The maximum atomic E-state index is 14.2. The fourth-order valence-electron chi connectivity index (χ4n) is 5.65. The van der Waals surface area contributed by atoms with Gasteiger partial charge in [-0.05, 0) is 33.9 Å². The van der Waals surface area contributed by atoms with Crippen molar-refractivity contribution in [2.45, 2.75) is 19.1 Å². The van der Waals surface area contributed by atoms with Gasteiger partial charge in [0.25, 0.3) is 5.69 Å². The number of esters is 2. The summed E-state index contributed by atoms with van der Waals surface area (Å²) in [7, 11) is 0. The number of nitrogens with one attached hydrogen (secondary N) is 1. The Hall–Kier alpha value is -6.02. The van der Waals surface area contributed by atoms with E-state index in [9.17, 15) is 19.7 Å². The van der Waals surface area contributed by atoms with Gasteiger partial charge in [-0.25, -0.2) is 0 Å². The number of non-ortho nitro benzene ring substituents is 1. The predicted molar refractivity (Wildman–Crippen MR) is 175 cm³/mol. The van der Waals surface area contributed by atoms with Crippen molar-refractivity contribution in [3.05, 3.63) is 172 Å². The number of hydrogen-bond donors (Lipinski definition) is 1. The number of H-pyrrole nitrogens is 1. The van der Waals surface area contributed by atoms with Crippen LogP contribution in [0.4, 0.5) is 5.69 Å². The molecule has 46 heavy (non-hydrogen) atoms. The number of nitrogens with zero attached hydrogens (tertiary/aromatic N) is 1. The van der Waals surface area contributed by atoms with E-state index in [1.165, 1.54) is 12.1 Å². The van der Waals surface area contributed by atoms with Crippen LogP contribution in [0.3, 0.4) is 0 Å². The lowest BCUT2D eigenvalue weighted by Gasteiger charge is -2.26. The average molecular weight is 611 g/mol. The van der Waals surface area contributed by atoms with Crippen LogP contribution in [0.2, 0.25) is 0 Å². The van der Waals surface area contributed by atoms with Gasteiger partial charge in [0.15, 0.2) is 5.92 Å². The van der Waals surface area contributed by atoms with Gasteiger partial charge in [0, 0.05) is 29.0 Å². The largest absolute Gasteiger partial charge is 0.460 e. The zero-order valence-electron chi connectivity index (χ0n) is 24.7. The van der Waals surface area contributed by atoms with Crippen LogP contribution in [-0.4, -0.2) is 21.8 Å². The van der Waals surface area contributed by atoms with E-state index in [-0.39, 0.29) is 18.9 Å². The number of para-hydroxylation sites is 1. The first-order valence-corrected chi connectivity index (χ1v) is 14.8. The molecule has 8 nitrogen and oxygen atoms in total. The molecule has 1 unspecified atom stereocenters. The van der Waals surface area contributed by atoms with Gasteiger partial charge in [0.05, 0.1) is 10.6 Å². The second-order valence-corrected chi connectivity index (χ2v) is 10.8. The minimum absolute atomic E-state index is 0.0471. The van der Waals surface area contributed by atoms with Crippen molar-refractivity contribution in [2.75, 3.05) is 0 Å². The number of fused-ring (bicyclic) bond motifs is 1.